The maximum Gasteiger partial charge on any atom is 0.225 e. The third-order valence-corrected chi connectivity index (χ3v) is 5.91. The molecule has 0 atom stereocenters. The van der Waals surface area contributed by atoms with E-state index in [9.17, 15) is 4.79 Å². The first-order chi connectivity index (χ1) is 14.9. The van der Waals surface area contributed by atoms with Crippen molar-refractivity contribution in [3.05, 3.63) is 69.2 Å². The number of nitrogens with zero attached hydrogens (tertiary/aromatic N) is 4. The molecule has 1 N–H and O–H groups in total. The first kappa shape index (κ1) is 20.9. The van der Waals surface area contributed by atoms with Gasteiger partial charge in [-0.05, 0) is 33.3 Å². The second-order valence-corrected chi connectivity index (χ2v) is 8.69. The summed E-state index contributed by atoms with van der Waals surface area (Å²) in [7, 11) is 0. The van der Waals surface area contributed by atoms with Gasteiger partial charge in [0.25, 0.3) is 0 Å². The number of amides is 1. The third-order valence-electron chi connectivity index (χ3n) is 4.84. The molecule has 0 bridgehead atoms. The number of carbonyl (C=O) groups is 1. The van der Waals surface area contributed by atoms with Crippen LogP contribution in [-0.4, -0.2) is 26.0 Å². The van der Waals surface area contributed by atoms with Gasteiger partial charge in [0.2, 0.25) is 5.91 Å². The van der Waals surface area contributed by atoms with Crippen LogP contribution >= 0.6 is 11.3 Å². The SMILES string of the molecule is Cc1cc(-c2cnc(C)nc2-c2ccc(CNC(=O)Cc3sc(C)nc3C)cc2)on1. The fourth-order valence-electron chi connectivity index (χ4n) is 3.29. The molecule has 0 unspecified atom stereocenters. The van der Waals surface area contributed by atoms with Crippen LogP contribution in [0.1, 0.15) is 32.7 Å². The van der Waals surface area contributed by atoms with E-state index >= 15 is 0 Å². The van der Waals surface area contributed by atoms with Crippen LogP contribution in [0, 0.1) is 27.7 Å². The predicted molar refractivity (Wildman–Crippen MR) is 120 cm³/mol. The number of benzene rings is 1. The summed E-state index contributed by atoms with van der Waals surface area (Å²) in [5, 5.41) is 7.93. The first-order valence-electron chi connectivity index (χ1n) is 9.95. The average molecular weight is 434 g/mol. The monoisotopic (exact) mass is 433 g/mol. The maximum atomic E-state index is 12.3. The molecule has 31 heavy (non-hydrogen) atoms. The minimum Gasteiger partial charge on any atom is -0.356 e. The summed E-state index contributed by atoms with van der Waals surface area (Å²) in [5.74, 6) is 1.31. The zero-order valence-corrected chi connectivity index (χ0v) is 18.7. The smallest absolute Gasteiger partial charge is 0.225 e. The molecule has 3 heterocycles. The molecule has 0 radical (unpaired) electrons. The summed E-state index contributed by atoms with van der Waals surface area (Å²) < 4.78 is 5.42. The average Bonchev–Trinajstić information content (AvgIpc) is 3.31. The normalized spacial score (nSPS) is 11.0. The van der Waals surface area contributed by atoms with Crippen molar-refractivity contribution in [3.63, 3.8) is 0 Å². The molecule has 0 aliphatic heterocycles. The van der Waals surface area contributed by atoms with E-state index < -0.39 is 0 Å². The Hall–Kier alpha value is -3.39. The highest BCUT2D eigenvalue weighted by atomic mass is 32.1. The lowest BCUT2D eigenvalue weighted by atomic mass is 10.0. The molecule has 158 valence electrons. The van der Waals surface area contributed by atoms with Gasteiger partial charge in [0, 0.05) is 29.2 Å². The van der Waals surface area contributed by atoms with Crippen LogP contribution in [0.25, 0.3) is 22.6 Å². The molecule has 4 aromatic rings. The molecule has 0 aliphatic carbocycles. The van der Waals surface area contributed by atoms with Gasteiger partial charge >= 0.3 is 0 Å². The topological polar surface area (TPSA) is 93.8 Å². The van der Waals surface area contributed by atoms with E-state index in [1.807, 2.05) is 58.0 Å². The van der Waals surface area contributed by atoms with Crippen molar-refractivity contribution in [3.8, 4) is 22.6 Å². The molecular weight excluding hydrogens is 410 g/mol. The van der Waals surface area contributed by atoms with Gasteiger partial charge < -0.3 is 9.84 Å². The Kier molecular flexibility index (Phi) is 5.90. The highest BCUT2D eigenvalue weighted by Crippen LogP contribution is 2.30. The van der Waals surface area contributed by atoms with Crippen LogP contribution in [-0.2, 0) is 17.8 Å². The molecule has 0 spiro atoms. The quantitative estimate of drug-likeness (QED) is 0.486. The zero-order valence-electron chi connectivity index (χ0n) is 17.9. The number of thiazole rings is 1. The van der Waals surface area contributed by atoms with Crippen LogP contribution in [0.3, 0.4) is 0 Å². The predicted octanol–water partition coefficient (Wildman–Crippen LogP) is 4.35. The summed E-state index contributed by atoms with van der Waals surface area (Å²) in [6.07, 6.45) is 2.12. The standard InChI is InChI=1S/C23H23N5O2S/c1-13-9-20(30-28-13)19-12-24-15(3)27-23(19)18-7-5-17(6-8-18)11-25-22(29)10-21-14(2)26-16(4)31-21/h5-9,12H,10-11H2,1-4H3,(H,25,29). The highest BCUT2D eigenvalue weighted by molar-refractivity contribution is 7.11. The second-order valence-electron chi connectivity index (χ2n) is 7.40. The minimum atomic E-state index is -0.00905. The van der Waals surface area contributed by atoms with E-state index in [0.717, 1.165) is 43.7 Å². The lowest BCUT2D eigenvalue weighted by Crippen LogP contribution is -2.24. The van der Waals surface area contributed by atoms with E-state index in [0.29, 0.717) is 24.6 Å². The van der Waals surface area contributed by atoms with E-state index in [1.165, 1.54) is 0 Å². The number of aromatic nitrogens is 4. The summed E-state index contributed by atoms with van der Waals surface area (Å²) in [6, 6.07) is 9.84. The van der Waals surface area contributed by atoms with Crippen molar-refractivity contribution in [2.24, 2.45) is 0 Å². The Labute approximate surface area is 184 Å². The number of rotatable bonds is 6. The Morgan fingerprint density at radius 3 is 2.52 bits per heavy atom. The molecule has 8 heteroatoms. The lowest BCUT2D eigenvalue weighted by Gasteiger charge is -2.09. The molecule has 0 aliphatic rings. The van der Waals surface area contributed by atoms with Crippen LogP contribution in [0.15, 0.2) is 41.1 Å². The second kappa shape index (κ2) is 8.77. The van der Waals surface area contributed by atoms with Crippen molar-refractivity contribution in [2.45, 2.75) is 40.7 Å². The zero-order chi connectivity index (χ0) is 22.0. The van der Waals surface area contributed by atoms with Crippen molar-refractivity contribution in [2.75, 3.05) is 0 Å². The summed E-state index contributed by atoms with van der Waals surface area (Å²) in [4.78, 5) is 26.6. The van der Waals surface area contributed by atoms with Crippen LogP contribution in [0.2, 0.25) is 0 Å². The summed E-state index contributed by atoms with van der Waals surface area (Å²) >= 11 is 1.57. The van der Waals surface area contributed by atoms with E-state index in [-0.39, 0.29) is 5.91 Å². The lowest BCUT2D eigenvalue weighted by molar-refractivity contribution is -0.120. The number of hydrogen-bond acceptors (Lipinski definition) is 7. The first-order valence-corrected chi connectivity index (χ1v) is 10.8. The van der Waals surface area contributed by atoms with Crippen LogP contribution in [0.4, 0.5) is 0 Å². The molecule has 7 nitrogen and oxygen atoms in total. The highest BCUT2D eigenvalue weighted by Gasteiger charge is 2.15. The minimum absolute atomic E-state index is 0.00905. The molecule has 4 rings (SSSR count). The van der Waals surface area contributed by atoms with Gasteiger partial charge in [-0.3, -0.25) is 4.79 Å². The fraction of sp³-hybridized carbons (Fsp3) is 0.261. The van der Waals surface area contributed by atoms with Crippen molar-refractivity contribution >= 4 is 17.2 Å². The number of carbonyl (C=O) groups excluding carboxylic acids is 1. The van der Waals surface area contributed by atoms with Crippen molar-refractivity contribution in [1.82, 2.24) is 25.4 Å². The van der Waals surface area contributed by atoms with E-state index in [2.05, 4.69) is 25.4 Å². The number of hydrogen-bond donors (Lipinski definition) is 1. The van der Waals surface area contributed by atoms with Crippen molar-refractivity contribution in [1.29, 1.82) is 0 Å². The third kappa shape index (κ3) is 4.86. The molecule has 0 saturated carbocycles. The summed E-state index contributed by atoms with van der Waals surface area (Å²) in [5.41, 5.74) is 5.27. The molecule has 0 saturated heterocycles. The molecule has 0 fully saturated rings. The van der Waals surface area contributed by atoms with E-state index in [4.69, 9.17) is 4.52 Å². The van der Waals surface area contributed by atoms with Gasteiger partial charge in [-0.15, -0.1) is 11.3 Å². The van der Waals surface area contributed by atoms with Crippen LogP contribution < -0.4 is 5.32 Å². The Morgan fingerprint density at radius 1 is 1.10 bits per heavy atom. The summed E-state index contributed by atoms with van der Waals surface area (Å²) in [6.45, 7) is 8.09. The van der Waals surface area contributed by atoms with Gasteiger partial charge in [0.15, 0.2) is 5.76 Å². The Balaban J connectivity index is 1.47. The number of nitrogens with one attached hydrogen (secondary N) is 1. The van der Waals surface area contributed by atoms with Crippen LogP contribution in [0.5, 0.6) is 0 Å². The maximum absolute atomic E-state index is 12.3. The molecular formula is C23H23N5O2S. The Morgan fingerprint density at radius 2 is 1.87 bits per heavy atom. The van der Waals surface area contributed by atoms with Gasteiger partial charge in [-0.25, -0.2) is 15.0 Å². The molecule has 1 amide bonds. The van der Waals surface area contributed by atoms with E-state index in [1.54, 1.807) is 17.5 Å². The van der Waals surface area contributed by atoms with Crippen molar-refractivity contribution < 1.29 is 9.32 Å². The molecule has 1 aromatic carbocycles. The fourth-order valence-corrected chi connectivity index (χ4v) is 4.22. The van der Waals surface area contributed by atoms with Gasteiger partial charge in [-0.1, -0.05) is 29.4 Å². The Bertz CT molecular complexity index is 1230. The van der Waals surface area contributed by atoms with Gasteiger partial charge in [-0.2, -0.15) is 0 Å². The largest absolute Gasteiger partial charge is 0.356 e. The van der Waals surface area contributed by atoms with Gasteiger partial charge in [0.05, 0.1) is 34.1 Å². The van der Waals surface area contributed by atoms with Gasteiger partial charge in [0.1, 0.15) is 5.82 Å². The molecule has 3 aromatic heterocycles. The number of aryl methyl sites for hydroxylation is 4.